The van der Waals surface area contributed by atoms with Crippen LogP contribution in [-0.2, 0) is 6.42 Å². The number of carbonyl (C=O) groups excluding carboxylic acids is 1. The highest BCUT2D eigenvalue weighted by atomic mass is 16.1. The highest BCUT2D eigenvalue weighted by Gasteiger charge is 2.09. The molecule has 1 amide bonds. The van der Waals surface area contributed by atoms with Crippen molar-refractivity contribution in [3.05, 3.63) is 77.6 Å². The summed E-state index contributed by atoms with van der Waals surface area (Å²) in [5.74, 6) is 0.235. The number of rotatable bonds is 5. The Hall–Kier alpha value is -3.21. The summed E-state index contributed by atoms with van der Waals surface area (Å²) >= 11 is 0. The van der Waals surface area contributed by atoms with E-state index in [-0.39, 0.29) is 5.91 Å². The summed E-state index contributed by atoms with van der Waals surface area (Å²) in [6, 6.07) is 15.7. The second-order valence-electron chi connectivity index (χ2n) is 5.75. The second kappa shape index (κ2) is 7.57. The quantitative estimate of drug-likeness (QED) is 0.729. The first-order valence-corrected chi connectivity index (χ1v) is 8.20. The van der Waals surface area contributed by atoms with Gasteiger partial charge < -0.3 is 10.6 Å². The van der Waals surface area contributed by atoms with Crippen LogP contribution >= 0.6 is 0 Å². The van der Waals surface area contributed by atoms with E-state index in [4.69, 9.17) is 0 Å². The summed E-state index contributed by atoms with van der Waals surface area (Å²) in [5, 5.41) is 6.04. The van der Waals surface area contributed by atoms with Crippen LogP contribution in [0.5, 0.6) is 0 Å². The number of benzene rings is 2. The fraction of sp³-hybridized carbons (Fsp3) is 0.150. The molecule has 2 N–H and O–H groups in total. The number of nitrogens with zero attached hydrogens (tertiary/aromatic N) is 2. The summed E-state index contributed by atoms with van der Waals surface area (Å²) in [6.45, 7) is 4.08. The fourth-order valence-electron chi connectivity index (χ4n) is 2.51. The Bertz CT molecular complexity index is 875. The van der Waals surface area contributed by atoms with Crippen molar-refractivity contribution in [2.45, 2.75) is 20.3 Å². The zero-order chi connectivity index (χ0) is 17.6. The van der Waals surface area contributed by atoms with Crippen LogP contribution in [0.25, 0.3) is 0 Å². The van der Waals surface area contributed by atoms with E-state index in [2.05, 4.69) is 27.5 Å². The van der Waals surface area contributed by atoms with Gasteiger partial charge in [-0.2, -0.15) is 0 Å². The van der Waals surface area contributed by atoms with Crippen LogP contribution in [0.3, 0.4) is 0 Å². The van der Waals surface area contributed by atoms with Gasteiger partial charge in [0.2, 0.25) is 5.95 Å². The lowest BCUT2D eigenvalue weighted by molar-refractivity contribution is 0.102. The van der Waals surface area contributed by atoms with Gasteiger partial charge in [-0.25, -0.2) is 9.97 Å². The monoisotopic (exact) mass is 332 g/mol. The summed E-state index contributed by atoms with van der Waals surface area (Å²) in [4.78, 5) is 20.8. The Labute approximate surface area is 147 Å². The van der Waals surface area contributed by atoms with Crippen LogP contribution in [0.1, 0.15) is 28.4 Å². The lowest BCUT2D eigenvalue weighted by atomic mass is 10.1. The number of amides is 1. The zero-order valence-corrected chi connectivity index (χ0v) is 14.3. The van der Waals surface area contributed by atoms with Crippen molar-refractivity contribution in [3.8, 4) is 0 Å². The minimum atomic E-state index is -0.219. The number of carbonyl (C=O) groups is 1. The Balaban J connectivity index is 1.70. The van der Waals surface area contributed by atoms with Crippen molar-refractivity contribution in [1.29, 1.82) is 0 Å². The third-order valence-corrected chi connectivity index (χ3v) is 3.83. The number of aryl methyl sites for hydroxylation is 2. The minimum absolute atomic E-state index is 0.219. The SMILES string of the molecule is CCc1ccccc1NC(=O)c1cnc(Nc2cccc(C)c2)nc1. The summed E-state index contributed by atoms with van der Waals surface area (Å²) in [6.07, 6.45) is 3.90. The molecule has 5 nitrogen and oxygen atoms in total. The first-order valence-electron chi connectivity index (χ1n) is 8.20. The summed E-state index contributed by atoms with van der Waals surface area (Å²) in [5.41, 5.74) is 4.39. The molecule has 3 aromatic rings. The number of nitrogens with one attached hydrogen (secondary N) is 2. The van der Waals surface area contributed by atoms with E-state index in [1.54, 1.807) is 0 Å². The molecule has 3 rings (SSSR count). The van der Waals surface area contributed by atoms with Crippen molar-refractivity contribution in [2.24, 2.45) is 0 Å². The van der Waals surface area contributed by atoms with Gasteiger partial charge in [0.05, 0.1) is 5.56 Å². The normalized spacial score (nSPS) is 10.3. The summed E-state index contributed by atoms with van der Waals surface area (Å²) in [7, 11) is 0. The highest BCUT2D eigenvalue weighted by molar-refractivity contribution is 6.04. The van der Waals surface area contributed by atoms with E-state index < -0.39 is 0 Å². The average Bonchev–Trinajstić information content (AvgIpc) is 2.63. The van der Waals surface area contributed by atoms with Crippen LogP contribution in [-0.4, -0.2) is 15.9 Å². The topological polar surface area (TPSA) is 66.9 Å². The largest absolute Gasteiger partial charge is 0.324 e. The number of aromatic nitrogens is 2. The molecule has 0 bridgehead atoms. The van der Waals surface area contributed by atoms with Crippen molar-refractivity contribution in [1.82, 2.24) is 9.97 Å². The molecule has 25 heavy (non-hydrogen) atoms. The number of anilines is 3. The molecule has 126 valence electrons. The molecule has 0 saturated heterocycles. The van der Waals surface area contributed by atoms with Crippen LogP contribution in [0.2, 0.25) is 0 Å². The van der Waals surface area contributed by atoms with Crippen LogP contribution in [0, 0.1) is 6.92 Å². The predicted molar refractivity (Wildman–Crippen MR) is 100 cm³/mol. The van der Waals surface area contributed by atoms with Gasteiger partial charge in [-0.15, -0.1) is 0 Å². The highest BCUT2D eigenvalue weighted by Crippen LogP contribution is 2.17. The van der Waals surface area contributed by atoms with Gasteiger partial charge in [0, 0.05) is 23.8 Å². The Morgan fingerprint density at radius 2 is 1.80 bits per heavy atom. The molecular weight excluding hydrogens is 312 g/mol. The molecule has 0 aliphatic heterocycles. The lowest BCUT2D eigenvalue weighted by Crippen LogP contribution is -2.14. The van der Waals surface area contributed by atoms with E-state index in [1.807, 2.05) is 55.5 Å². The van der Waals surface area contributed by atoms with Crippen molar-refractivity contribution in [2.75, 3.05) is 10.6 Å². The lowest BCUT2D eigenvalue weighted by Gasteiger charge is -2.10. The molecule has 0 spiro atoms. The van der Waals surface area contributed by atoms with Gasteiger partial charge in [-0.1, -0.05) is 37.3 Å². The van der Waals surface area contributed by atoms with Crippen molar-refractivity contribution in [3.63, 3.8) is 0 Å². The Morgan fingerprint density at radius 3 is 2.52 bits per heavy atom. The molecule has 0 fully saturated rings. The molecule has 1 heterocycles. The van der Waals surface area contributed by atoms with Crippen molar-refractivity contribution >= 4 is 23.2 Å². The van der Waals surface area contributed by atoms with Crippen molar-refractivity contribution < 1.29 is 4.79 Å². The molecule has 2 aromatic carbocycles. The molecule has 1 aromatic heterocycles. The molecule has 0 aliphatic carbocycles. The zero-order valence-electron chi connectivity index (χ0n) is 14.3. The Kier molecular flexibility index (Phi) is 5.04. The van der Waals surface area contributed by atoms with E-state index in [0.29, 0.717) is 11.5 Å². The first kappa shape index (κ1) is 16.6. The van der Waals surface area contributed by atoms with E-state index in [1.165, 1.54) is 12.4 Å². The van der Waals surface area contributed by atoms with Crippen LogP contribution in [0.15, 0.2) is 60.9 Å². The minimum Gasteiger partial charge on any atom is -0.324 e. The van der Waals surface area contributed by atoms with E-state index in [9.17, 15) is 4.79 Å². The number of para-hydroxylation sites is 1. The van der Waals surface area contributed by atoms with Crippen LogP contribution in [0.4, 0.5) is 17.3 Å². The van der Waals surface area contributed by atoms with Gasteiger partial charge in [-0.3, -0.25) is 4.79 Å². The predicted octanol–water partition coefficient (Wildman–Crippen LogP) is 4.34. The number of hydrogen-bond acceptors (Lipinski definition) is 4. The molecular formula is C20H20N4O. The average molecular weight is 332 g/mol. The van der Waals surface area contributed by atoms with Gasteiger partial charge in [0.15, 0.2) is 0 Å². The maximum absolute atomic E-state index is 12.4. The second-order valence-corrected chi connectivity index (χ2v) is 5.75. The molecule has 0 atom stereocenters. The number of hydrogen-bond donors (Lipinski definition) is 2. The third kappa shape index (κ3) is 4.20. The maximum atomic E-state index is 12.4. The molecule has 5 heteroatoms. The van der Waals surface area contributed by atoms with E-state index >= 15 is 0 Å². The van der Waals surface area contributed by atoms with Gasteiger partial charge >= 0.3 is 0 Å². The smallest absolute Gasteiger partial charge is 0.258 e. The molecule has 0 radical (unpaired) electrons. The van der Waals surface area contributed by atoms with Gasteiger partial charge in [-0.05, 0) is 42.7 Å². The third-order valence-electron chi connectivity index (χ3n) is 3.83. The van der Waals surface area contributed by atoms with Gasteiger partial charge in [0.25, 0.3) is 5.91 Å². The van der Waals surface area contributed by atoms with E-state index in [0.717, 1.165) is 28.9 Å². The van der Waals surface area contributed by atoms with Crippen LogP contribution < -0.4 is 10.6 Å². The Morgan fingerprint density at radius 1 is 1.04 bits per heavy atom. The maximum Gasteiger partial charge on any atom is 0.258 e. The fourth-order valence-corrected chi connectivity index (χ4v) is 2.51. The molecule has 0 saturated carbocycles. The molecule has 0 aliphatic rings. The van der Waals surface area contributed by atoms with Gasteiger partial charge in [0.1, 0.15) is 0 Å². The first-order chi connectivity index (χ1) is 12.2. The summed E-state index contributed by atoms with van der Waals surface area (Å²) < 4.78 is 0. The standard InChI is InChI=1S/C20H20N4O/c1-3-15-8-4-5-10-18(15)24-19(25)16-12-21-20(22-13-16)23-17-9-6-7-14(2)11-17/h4-13H,3H2,1-2H3,(H,24,25)(H,21,22,23). The molecule has 0 unspecified atom stereocenters.